The Bertz CT molecular complexity index is 549. The first-order valence-corrected chi connectivity index (χ1v) is 7.49. The van der Waals surface area contributed by atoms with Gasteiger partial charge in [0.05, 0.1) is 0 Å². The Hall–Kier alpha value is -1.26. The minimum Gasteiger partial charge on any atom is -0.335 e. The maximum Gasteiger partial charge on any atom is 0.321 e. The summed E-state index contributed by atoms with van der Waals surface area (Å²) in [4.78, 5) is 11.4. The van der Waals surface area contributed by atoms with Crippen LogP contribution in [-0.4, -0.2) is 49.1 Å². The summed E-state index contributed by atoms with van der Waals surface area (Å²) in [5.41, 5.74) is 0. The third-order valence-electron chi connectivity index (χ3n) is 2.24. The number of nitrogens with one attached hydrogen (secondary N) is 2. The number of carbonyl (C=O) groups excluding carboxylic acids is 1. The summed E-state index contributed by atoms with van der Waals surface area (Å²) in [7, 11) is -0.783. The van der Waals surface area contributed by atoms with Crippen LogP contribution >= 0.6 is 11.3 Å². The topological polar surface area (TPSA) is 104 Å². The van der Waals surface area contributed by atoms with Crippen LogP contribution in [0.25, 0.3) is 0 Å². The van der Waals surface area contributed by atoms with Gasteiger partial charge in [0.15, 0.2) is 0 Å². The SMILES string of the molecule is CN(C)S(=O)(=O)c1nnc(NC(=O)NC2CC2)s1. The Kier molecular flexibility index (Phi) is 3.50. The lowest BCUT2D eigenvalue weighted by atomic mass is 10.7. The first kappa shape index (κ1) is 13.2. The van der Waals surface area contributed by atoms with E-state index in [0.29, 0.717) is 0 Å². The Morgan fingerprint density at radius 1 is 1.39 bits per heavy atom. The summed E-state index contributed by atoms with van der Waals surface area (Å²) in [6, 6.07) is -0.162. The minimum atomic E-state index is -3.60. The minimum absolute atomic E-state index is 0.144. The van der Waals surface area contributed by atoms with Gasteiger partial charge < -0.3 is 5.32 Å². The average molecular weight is 291 g/mol. The van der Waals surface area contributed by atoms with Gasteiger partial charge in [0, 0.05) is 20.1 Å². The molecule has 10 heteroatoms. The molecule has 1 saturated carbocycles. The van der Waals surface area contributed by atoms with Crippen molar-refractivity contribution in [1.82, 2.24) is 19.8 Å². The summed E-state index contributed by atoms with van der Waals surface area (Å²) in [6.45, 7) is 0. The van der Waals surface area contributed by atoms with Crippen molar-refractivity contribution >= 4 is 32.5 Å². The van der Waals surface area contributed by atoms with E-state index in [-0.39, 0.29) is 21.5 Å². The maximum atomic E-state index is 11.7. The molecule has 2 N–H and O–H groups in total. The van der Waals surface area contributed by atoms with E-state index in [1.54, 1.807) is 0 Å². The number of hydrogen-bond donors (Lipinski definition) is 2. The molecule has 1 aliphatic rings. The van der Waals surface area contributed by atoms with E-state index in [0.717, 1.165) is 28.5 Å². The van der Waals surface area contributed by atoms with E-state index in [1.807, 2.05) is 0 Å². The fourth-order valence-electron chi connectivity index (χ4n) is 1.07. The standard InChI is InChI=1S/C8H13N5O3S2/c1-13(2)18(15,16)8-12-11-7(17-8)10-6(14)9-5-3-4-5/h5H,3-4H2,1-2H3,(H2,9,10,11,14). The predicted octanol–water partition coefficient (Wildman–Crippen LogP) is 0.0723. The molecule has 0 aromatic carbocycles. The van der Waals surface area contributed by atoms with Crippen LogP contribution in [0.3, 0.4) is 0 Å². The van der Waals surface area contributed by atoms with Gasteiger partial charge in [0.25, 0.3) is 10.0 Å². The van der Waals surface area contributed by atoms with E-state index in [9.17, 15) is 13.2 Å². The number of nitrogens with zero attached hydrogens (tertiary/aromatic N) is 3. The molecule has 1 aromatic rings. The summed E-state index contributed by atoms with van der Waals surface area (Å²) in [6.07, 6.45) is 1.95. The second-order valence-corrected chi connectivity index (χ2v) is 7.34. The molecule has 0 bridgehead atoms. The van der Waals surface area contributed by atoms with Gasteiger partial charge in [0.1, 0.15) is 0 Å². The normalized spacial score (nSPS) is 15.7. The molecule has 1 heterocycles. The second kappa shape index (κ2) is 4.78. The highest BCUT2D eigenvalue weighted by Crippen LogP contribution is 2.22. The molecule has 0 radical (unpaired) electrons. The maximum absolute atomic E-state index is 11.7. The monoisotopic (exact) mass is 291 g/mol. The van der Waals surface area contributed by atoms with Gasteiger partial charge in [-0.05, 0) is 12.8 Å². The van der Waals surface area contributed by atoms with Gasteiger partial charge in [-0.1, -0.05) is 11.3 Å². The van der Waals surface area contributed by atoms with Crippen LogP contribution in [0.4, 0.5) is 9.93 Å². The van der Waals surface area contributed by atoms with Crippen LogP contribution < -0.4 is 10.6 Å². The van der Waals surface area contributed by atoms with Crippen molar-refractivity contribution < 1.29 is 13.2 Å². The molecular formula is C8H13N5O3S2. The molecule has 2 amide bonds. The van der Waals surface area contributed by atoms with E-state index >= 15 is 0 Å². The largest absolute Gasteiger partial charge is 0.335 e. The van der Waals surface area contributed by atoms with Crippen LogP contribution in [0.1, 0.15) is 12.8 Å². The zero-order valence-corrected chi connectivity index (χ0v) is 11.5. The molecule has 8 nitrogen and oxygen atoms in total. The summed E-state index contributed by atoms with van der Waals surface area (Å²) < 4.78 is 24.3. The number of anilines is 1. The number of hydrogen-bond acceptors (Lipinski definition) is 6. The van der Waals surface area contributed by atoms with Crippen molar-refractivity contribution in [3.05, 3.63) is 0 Å². The number of carbonyl (C=O) groups is 1. The number of urea groups is 1. The number of aromatic nitrogens is 2. The van der Waals surface area contributed by atoms with Gasteiger partial charge in [-0.2, -0.15) is 0 Å². The van der Waals surface area contributed by atoms with E-state index in [4.69, 9.17) is 0 Å². The molecular weight excluding hydrogens is 278 g/mol. The Morgan fingerprint density at radius 3 is 2.61 bits per heavy atom. The zero-order valence-electron chi connectivity index (χ0n) is 9.87. The lowest BCUT2D eigenvalue weighted by molar-refractivity contribution is 0.251. The fourth-order valence-corrected chi connectivity index (χ4v) is 3.10. The van der Waals surface area contributed by atoms with Crippen molar-refractivity contribution in [3.8, 4) is 0 Å². The van der Waals surface area contributed by atoms with Crippen LogP contribution in [0.2, 0.25) is 0 Å². The molecule has 0 saturated heterocycles. The fraction of sp³-hybridized carbons (Fsp3) is 0.625. The van der Waals surface area contributed by atoms with Gasteiger partial charge in [0.2, 0.25) is 9.47 Å². The smallest absolute Gasteiger partial charge is 0.321 e. The van der Waals surface area contributed by atoms with Crippen LogP contribution in [0.15, 0.2) is 4.34 Å². The van der Waals surface area contributed by atoms with Gasteiger partial charge in [-0.15, -0.1) is 10.2 Å². The number of amides is 2. The van der Waals surface area contributed by atoms with E-state index in [2.05, 4.69) is 20.8 Å². The van der Waals surface area contributed by atoms with Gasteiger partial charge in [-0.3, -0.25) is 5.32 Å². The first-order valence-electron chi connectivity index (χ1n) is 5.23. The highest BCUT2D eigenvalue weighted by atomic mass is 32.2. The molecule has 1 fully saturated rings. The molecule has 18 heavy (non-hydrogen) atoms. The van der Waals surface area contributed by atoms with Crippen LogP contribution in [-0.2, 0) is 10.0 Å². The van der Waals surface area contributed by atoms with E-state index in [1.165, 1.54) is 14.1 Å². The highest BCUT2D eigenvalue weighted by Gasteiger charge is 2.25. The molecule has 0 unspecified atom stereocenters. The molecule has 0 aliphatic heterocycles. The Balaban J connectivity index is 2.03. The van der Waals surface area contributed by atoms with Crippen molar-refractivity contribution in [3.63, 3.8) is 0 Å². The molecule has 0 spiro atoms. The van der Waals surface area contributed by atoms with Crippen molar-refractivity contribution in [1.29, 1.82) is 0 Å². The molecule has 0 atom stereocenters. The highest BCUT2D eigenvalue weighted by molar-refractivity contribution is 7.91. The van der Waals surface area contributed by atoms with Crippen molar-refractivity contribution in [2.45, 2.75) is 23.2 Å². The summed E-state index contributed by atoms with van der Waals surface area (Å²) in [5.74, 6) is 0. The average Bonchev–Trinajstić information content (AvgIpc) is 2.94. The Morgan fingerprint density at radius 2 is 2.06 bits per heavy atom. The zero-order chi connectivity index (χ0) is 13.3. The van der Waals surface area contributed by atoms with Crippen LogP contribution in [0.5, 0.6) is 0 Å². The third-order valence-corrected chi connectivity index (χ3v) is 5.24. The van der Waals surface area contributed by atoms with Gasteiger partial charge >= 0.3 is 6.03 Å². The molecule has 2 rings (SSSR count). The number of sulfonamides is 1. The Labute approximate surface area is 108 Å². The quantitative estimate of drug-likeness (QED) is 0.764. The third kappa shape index (κ3) is 2.94. The lowest BCUT2D eigenvalue weighted by Gasteiger charge is -2.06. The van der Waals surface area contributed by atoms with Crippen molar-refractivity contribution in [2.75, 3.05) is 19.4 Å². The first-order chi connectivity index (χ1) is 8.39. The van der Waals surface area contributed by atoms with Gasteiger partial charge in [-0.25, -0.2) is 17.5 Å². The summed E-state index contributed by atoms with van der Waals surface area (Å²) >= 11 is 0.820. The van der Waals surface area contributed by atoms with E-state index < -0.39 is 10.0 Å². The van der Waals surface area contributed by atoms with Crippen molar-refractivity contribution in [2.24, 2.45) is 0 Å². The second-order valence-electron chi connectivity index (χ2n) is 4.03. The molecule has 100 valence electrons. The number of rotatable bonds is 4. The van der Waals surface area contributed by atoms with Crippen LogP contribution in [0, 0.1) is 0 Å². The molecule has 1 aliphatic carbocycles. The lowest BCUT2D eigenvalue weighted by Crippen LogP contribution is -2.30. The summed E-state index contributed by atoms with van der Waals surface area (Å²) in [5, 5.41) is 12.5. The molecule has 1 aromatic heterocycles. The predicted molar refractivity (Wildman–Crippen MR) is 66.0 cm³/mol.